The second-order valence-corrected chi connectivity index (χ2v) is 5.55. The highest BCUT2D eigenvalue weighted by molar-refractivity contribution is 5.99. The fraction of sp³-hybridized carbons (Fsp3) is 0.235. The second kappa shape index (κ2) is 6.99. The van der Waals surface area contributed by atoms with Gasteiger partial charge in [0.05, 0.1) is 29.5 Å². The first kappa shape index (κ1) is 15.8. The predicted octanol–water partition coefficient (Wildman–Crippen LogP) is 3.50. The number of carbonyl (C=O) groups is 1. The van der Waals surface area contributed by atoms with Crippen molar-refractivity contribution in [2.24, 2.45) is 0 Å². The molecule has 3 aromatic rings. The van der Waals surface area contributed by atoms with Crippen molar-refractivity contribution in [1.29, 1.82) is 0 Å². The van der Waals surface area contributed by atoms with E-state index in [1.165, 1.54) is 5.56 Å². The number of aromatic amines is 1. The van der Waals surface area contributed by atoms with Gasteiger partial charge < -0.3 is 5.32 Å². The first-order chi connectivity index (χ1) is 11.7. The molecular weight excluding hydrogens is 304 g/mol. The molecular formula is C17H20N6O. The number of nitrogens with zero attached hydrogens (tertiary/aromatic N) is 3. The molecule has 3 rings (SSSR count). The molecule has 0 spiro atoms. The van der Waals surface area contributed by atoms with Gasteiger partial charge in [-0.3, -0.25) is 10.4 Å². The molecule has 7 nitrogen and oxygen atoms in total. The van der Waals surface area contributed by atoms with Crippen molar-refractivity contribution in [3.63, 3.8) is 0 Å². The zero-order valence-electron chi connectivity index (χ0n) is 13.7. The van der Waals surface area contributed by atoms with Crippen molar-refractivity contribution >= 4 is 17.5 Å². The molecule has 0 saturated carbocycles. The molecule has 0 aliphatic heterocycles. The molecule has 124 valence electrons. The van der Waals surface area contributed by atoms with Gasteiger partial charge in [0.1, 0.15) is 5.82 Å². The van der Waals surface area contributed by atoms with Crippen LogP contribution >= 0.6 is 0 Å². The SMILES string of the molecule is CCCc1c(NC(=O)Nc2ccn[nH]2)cnn1-c1ccc(C)cc1. The summed E-state index contributed by atoms with van der Waals surface area (Å²) in [5.74, 6) is 0.537. The highest BCUT2D eigenvalue weighted by atomic mass is 16.2. The minimum absolute atomic E-state index is 0.333. The van der Waals surface area contributed by atoms with Gasteiger partial charge in [0.2, 0.25) is 0 Å². The summed E-state index contributed by atoms with van der Waals surface area (Å²) in [6.07, 6.45) is 5.02. The molecule has 24 heavy (non-hydrogen) atoms. The topological polar surface area (TPSA) is 87.6 Å². The quantitative estimate of drug-likeness (QED) is 0.671. The van der Waals surface area contributed by atoms with Crippen molar-refractivity contribution in [3.05, 3.63) is 54.0 Å². The van der Waals surface area contributed by atoms with E-state index < -0.39 is 0 Å². The summed E-state index contributed by atoms with van der Waals surface area (Å²) >= 11 is 0. The van der Waals surface area contributed by atoms with E-state index in [-0.39, 0.29) is 6.03 Å². The molecule has 2 aromatic heterocycles. The summed E-state index contributed by atoms with van der Waals surface area (Å²) in [4.78, 5) is 12.1. The fourth-order valence-corrected chi connectivity index (χ4v) is 2.47. The molecule has 0 fully saturated rings. The molecule has 3 N–H and O–H groups in total. The second-order valence-electron chi connectivity index (χ2n) is 5.55. The van der Waals surface area contributed by atoms with Crippen LogP contribution in [-0.2, 0) is 6.42 Å². The summed E-state index contributed by atoms with van der Waals surface area (Å²) in [6.45, 7) is 4.15. The molecule has 0 aliphatic carbocycles. The van der Waals surface area contributed by atoms with Gasteiger partial charge in [-0.2, -0.15) is 10.2 Å². The van der Waals surface area contributed by atoms with E-state index in [9.17, 15) is 4.79 Å². The first-order valence-electron chi connectivity index (χ1n) is 7.88. The molecule has 2 amide bonds. The van der Waals surface area contributed by atoms with Crippen LogP contribution in [0.2, 0.25) is 0 Å². The number of anilines is 2. The average Bonchev–Trinajstić information content (AvgIpc) is 3.20. The lowest BCUT2D eigenvalue weighted by Crippen LogP contribution is -2.20. The Bertz CT molecular complexity index is 804. The molecule has 0 aliphatic rings. The van der Waals surface area contributed by atoms with Gasteiger partial charge >= 0.3 is 6.03 Å². The van der Waals surface area contributed by atoms with Crippen molar-refractivity contribution in [2.45, 2.75) is 26.7 Å². The normalized spacial score (nSPS) is 10.6. The number of hydrogen-bond donors (Lipinski definition) is 3. The number of aromatic nitrogens is 4. The zero-order chi connectivity index (χ0) is 16.9. The van der Waals surface area contributed by atoms with E-state index in [1.54, 1.807) is 18.5 Å². The molecule has 7 heteroatoms. The van der Waals surface area contributed by atoms with Crippen molar-refractivity contribution in [1.82, 2.24) is 20.0 Å². The number of rotatable bonds is 5. The van der Waals surface area contributed by atoms with Crippen LogP contribution in [0.25, 0.3) is 5.69 Å². The van der Waals surface area contributed by atoms with Gasteiger partial charge in [0.25, 0.3) is 0 Å². The minimum atomic E-state index is -0.333. The Balaban J connectivity index is 1.82. The van der Waals surface area contributed by atoms with Crippen LogP contribution in [0.1, 0.15) is 24.6 Å². The Morgan fingerprint density at radius 1 is 1.21 bits per heavy atom. The van der Waals surface area contributed by atoms with Gasteiger partial charge in [-0.25, -0.2) is 9.48 Å². The molecule has 0 bridgehead atoms. The summed E-state index contributed by atoms with van der Waals surface area (Å²) in [7, 11) is 0. The Hall–Kier alpha value is -3.09. The highest BCUT2D eigenvalue weighted by Gasteiger charge is 2.14. The van der Waals surface area contributed by atoms with E-state index in [1.807, 2.05) is 35.9 Å². The number of amides is 2. The third-order valence-corrected chi connectivity index (χ3v) is 3.63. The molecule has 0 atom stereocenters. The van der Waals surface area contributed by atoms with E-state index in [4.69, 9.17) is 0 Å². The summed E-state index contributed by atoms with van der Waals surface area (Å²) in [6, 6.07) is 9.49. The standard InChI is InChI=1S/C17H20N6O/c1-3-4-15-14(20-17(24)21-16-9-10-18-22-16)11-19-23(15)13-7-5-12(2)6-8-13/h5-11H,3-4H2,1-2H3,(H3,18,20,21,22,24). The lowest BCUT2D eigenvalue weighted by atomic mass is 10.2. The maximum atomic E-state index is 12.1. The van der Waals surface area contributed by atoms with Crippen LogP contribution in [0, 0.1) is 6.92 Å². The van der Waals surface area contributed by atoms with Gasteiger partial charge in [-0.05, 0) is 25.5 Å². The Morgan fingerprint density at radius 2 is 2.00 bits per heavy atom. The van der Waals surface area contributed by atoms with Crippen LogP contribution in [0.15, 0.2) is 42.7 Å². The Kier molecular flexibility index (Phi) is 4.60. The van der Waals surface area contributed by atoms with Gasteiger partial charge in [0.15, 0.2) is 0 Å². The number of hydrogen-bond acceptors (Lipinski definition) is 3. The summed E-state index contributed by atoms with van der Waals surface area (Å²) < 4.78 is 1.87. The van der Waals surface area contributed by atoms with Crippen LogP contribution < -0.4 is 10.6 Å². The summed E-state index contributed by atoms with van der Waals surface area (Å²) in [5, 5.41) is 16.5. The van der Waals surface area contributed by atoms with Crippen LogP contribution in [0.4, 0.5) is 16.3 Å². The largest absolute Gasteiger partial charge is 0.324 e. The molecule has 2 heterocycles. The van der Waals surface area contributed by atoms with Gasteiger partial charge in [-0.15, -0.1) is 0 Å². The van der Waals surface area contributed by atoms with Crippen LogP contribution in [0.5, 0.6) is 0 Å². The molecule has 0 radical (unpaired) electrons. The van der Waals surface area contributed by atoms with E-state index in [0.29, 0.717) is 11.5 Å². The maximum Gasteiger partial charge on any atom is 0.324 e. The van der Waals surface area contributed by atoms with E-state index in [2.05, 4.69) is 32.9 Å². The number of nitrogens with one attached hydrogen (secondary N) is 3. The smallest absolute Gasteiger partial charge is 0.305 e. The van der Waals surface area contributed by atoms with Crippen LogP contribution in [0.3, 0.4) is 0 Å². The van der Waals surface area contributed by atoms with Crippen molar-refractivity contribution in [2.75, 3.05) is 10.6 Å². The third kappa shape index (κ3) is 3.45. The maximum absolute atomic E-state index is 12.1. The number of benzene rings is 1. The average molecular weight is 324 g/mol. The molecule has 0 unspecified atom stereocenters. The van der Waals surface area contributed by atoms with Crippen molar-refractivity contribution < 1.29 is 4.79 Å². The van der Waals surface area contributed by atoms with E-state index >= 15 is 0 Å². The monoisotopic (exact) mass is 324 g/mol. The predicted molar refractivity (Wildman–Crippen MR) is 93.5 cm³/mol. The lowest BCUT2D eigenvalue weighted by molar-refractivity contribution is 0.262. The zero-order valence-corrected chi connectivity index (χ0v) is 13.7. The number of carbonyl (C=O) groups excluding carboxylic acids is 1. The number of H-pyrrole nitrogens is 1. The molecule has 0 saturated heterocycles. The number of urea groups is 1. The van der Waals surface area contributed by atoms with Crippen molar-refractivity contribution in [3.8, 4) is 5.69 Å². The minimum Gasteiger partial charge on any atom is -0.305 e. The fourth-order valence-electron chi connectivity index (χ4n) is 2.47. The third-order valence-electron chi connectivity index (χ3n) is 3.63. The highest BCUT2D eigenvalue weighted by Crippen LogP contribution is 2.21. The summed E-state index contributed by atoms with van der Waals surface area (Å²) in [5.41, 5.74) is 3.85. The lowest BCUT2D eigenvalue weighted by Gasteiger charge is -2.10. The number of aryl methyl sites for hydroxylation is 1. The Morgan fingerprint density at radius 3 is 2.67 bits per heavy atom. The first-order valence-corrected chi connectivity index (χ1v) is 7.88. The Labute approximate surface area is 140 Å². The van der Waals surface area contributed by atoms with Gasteiger partial charge in [0, 0.05) is 6.07 Å². The van der Waals surface area contributed by atoms with Gasteiger partial charge in [-0.1, -0.05) is 31.0 Å². The van der Waals surface area contributed by atoms with Crippen LogP contribution in [-0.4, -0.2) is 26.0 Å². The molecule has 1 aromatic carbocycles. The van der Waals surface area contributed by atoms with E-state index in [0.717, 1.165) is 24.2 Å².